The minimum atomic E-state index is 0.530. The molecule has 0 fully saturated rings. The fourth-order valence-corrected chi connectivity index (χ4v) is 1.89. The summed E-state index contributed by atoms with van der Waals surface area (Å²) in [6.45, 7) is 10.7. The summed E-state index contributed by atoms with van der Waals surface area (Å²) in [5.41, 5.74) is 2.64. The Balaban J connectivity index is 2.40. The van der Waals surface area contributed by atoms with Crippen LogP contribution in [0.25, 0.3) is 0 Å². The van der Waals surface area contributed by atoms with E-state index in [2.05, 4.69) is 42.8 Å². The number of hydrogen-bond acceptors (Lipinski definition) is 2. The van der Waals surface area contributed by atoms with Gasteiger partial charge in [0.15, 0.2) is 0 Å². The van der Waals surface area contributed by atoms with Gasteiger partial charge in [0.1, 0.15) is 0 Å². The molecule has 0 aliphatic heterocycles. The number of hydrogen-bond donors (Lipinski definition) is 1. The quantitative estimate of drug-likeness (QED) is 0.703. The zero-order valence-corrected chi connectivity index (χ0v) is 11.8. The van der Waals surface area contributed by atoms with Crippen LogP contribution in [0, 0.1) is 6.92 Å². The van der Waals surface area contributed by atoms with Crippen LogP contribution in [0.15, 0.2) is 6.20 Å². The molecule has 0 bridgehead atoms. The fourth-order valence-electron chi connectivity index (χ4n) is 1.89. The number of aromatic nitrogens is 2. The largest absolute Gasteiger partial charge is 0.310 e. The molecule has 1 aromatic rings. The highest BCUT2D eigenvalue weighted by molar-refractivity contribution is 5.15. The maximum atomic E-state index is 4.47. The van der Waals surface area contributed by atoms with Gasteiger partial charge in [0.25, 0.3) is 0 Å². The summed E-state index contributed by atoms with van der Waals surface area (Å²) in [4.78, 5) is 0. The lowest BCUT2D eigenvalue weighted by Crippen LogP contribution is -2.22. The molecular weight excluding hydrogens is 210 g/mol. The number of aryl methyl sites for hydroxylation is 1. The topological polar surface area (TPSA) is 29.9 Å². The first-order valence-electron chi connectivity index (χ1n) is 6.89. The van der Waals surface area contributed by atoms with E-state index >= 15 is 0 Å². The van der Waals surface area contributed by atoms with Gasteiger partial charge in [0.2, 0.25) is 0 Å². The molecule has 0 amide bonds. The van der Waals surface area contributed by atoms with Crippen LogP contribution in [-0.4, -0.2) is 15.8 Å². The first-order valence-corrected chi connectivity index (χ1v) is 6.89. The smallest absolute Gasteiger partial charge is 0.0537 e. The summed E-state index contributed by atoms with van der Waals surface area (Å²) in [5.74, 6) is 0. The predicted octanol–water partition coefficient (Wildman–Crippen LogP) is 3.27. The van der Waals surface area contributed by atoms with Gasteiger partial charge in [-0.15, -0.1) is 0 Å². The second-order valence-electron chi connectivity index (χ2n) is 5.07. The summed E-state index contributed by atoms with van der Waals surface area (Å²) >= 11 is 0. The minimum absolute atomic E-state index is 0.530. The van der Waals surface area contributed by atoms with Crippen molar-refractivity contribution in [1.29, 1.82) is 0 Å². The second-order valence-corrected chi connectivity index (χ2v) is 5.07. The van der Waals surface area contributed by atoms with E-state index in [0.717, 1.165) is 13.1 Å². The molecule has 0 saturated carbocycles. The summed E-state index contributed by atoms with van der Waals surface area (Å²) in [5, 5.41) is 7.91. The van der Waals surface area contributed by atoms with Crippen LogP contribution < -0.4 is 5.32 Å². The molecule has 17 heavy (non-hydrogen) atoms. The average Bonchev–Trinajstić information content (AvgIpc) is 2.63. The number of rotatable bonds is 8. The van der Waals surface area contributed by atoms with Gasteiger partial charge in [0.05, 0.1) is 6.20 Å². The lowest BCUT2D eigenvalue weighted by atomic mass is 10.2. The second kappa shape index (κ2) is 7.49. The molecule has 1 aromatic heterocycles. The van der Waals surface area contributed by atoms with Crippen molar-refractivity contribution in [3.63, 3.8) is 0 Å². The van der Waals surface area contributed by atoms with Crippen LogP contribution in [0.1, 0.15) is 57.7 Å². The van der Waals surface area contributed by atoms with Crippen LogP contribution in [0.2, 0.25) is 0 Å². The van der Waals surface area contributed by atoms with Crippen LogP contribution >= 0.6 is 0 Å². The molecule has 1 heterocycles. The Kier molecular flexibility index (Phi) is 6.27. The van der Waals surface area contributed by atoms with Gasteiger partial charge < -0.3 is 5.32 Å². The zero-order valence-electron chi connectivity index (χ0n) is 11.8. The van der Waals surface area contributed by atoms with Gasteiger partial charge in [-0.3, -0.25) is 4.68 Å². The van der Waals surface area contributed by atoms with Crippen molar-refractivity contribution < 1.29 is 0 Å². The van der Waals surface area contributed by atoms with Crippen LogP contribution in [0.5, 0.6) is 0 Å². The van der Waals surface area contributed by atoms with Gasteiger partial charge in [0, 0.05) is 30.4 Å². The molecule has 0 saturated heterocycles. The molecule has 0 atom stereocenters. The molecule has 1 N–H and O–H groups in total. The Morgan fingerprint density at radius 1 is 1.29 bits per heavy atom. The summed E-state index contributed by atoms with van der Waals surface area (Å²) in [6.07, 6.45) is 7.19. The van der Waals surface area contributed by atoms with E-state index in [4.69, 9.17) is 0 Å². The Morgan fingerprint density at radius 2 is 2.06 bits per heavy atom. The maximum absolute atomic E-state index is 4.47. The van der Waals surface area contributed by atoms with Crippen molar-refractivity contribution in [2.75, 3.05) is 0 Å². The number of unbranched alkanes of at least 4 members (excludes halogenated alkanes) is 3. The van der Waals surface area contributed by atoms with Crippen molar-refractivity contribution in [2.45, 2.75) is 72.5 Å². The third-order valence-corrected chi connectivity index (χ3v) is 3.13. The molecule has 98 valence electrons. The predicted molar refractivity (Wildman–Crippen MR) is 73.1 cm³/mol. The van der Waals surface area contributed by atoms with E-state index in [-0.39, 0.29) is 0 Å². The summed E-state index contributed by atoms with van der Waals surface area (Å²) in [7, 11) is 0. The lowest BCUT2D eigenvalue weighted by molar-refractivity contribution is 0.529. The van der Waals surface area contributed by atoms with Gasteiger partial charge in [-0.05, 0) is 13.3 Å². The Bertz CT molecular complexity index is 315. The Morgan fingerprint density at radius 3 is 2.71 bits per heavy atom. The van der Waals surface area contributed by atoms with Crippen LogP contribution in [0.4, 0.5) is 0 Å². The molecule has 0 spiro atoms. The highest BCUT2D eigenvalue weighted by atomic mass is 15.3. The molecular formula is C14H27N3. The molecule has 3 heteroatoms. The van der Waals surface area contributed by atoms with E-state index in [1.54, 1.807) is 0 Å². The minimum Gasteiger partial charge on any atom is -0.310 e. The van der Waals surface area contributed by atoms with Crippen molar-refractivity contribution >= 4 is 0 Å². The number of nitrogens with zero attached hydrogens (tertiary/aromatic N) is 2. The van der Waals surface area contributed by atoms with Gasteiger partial charge in [-0.2, -0.15) is 5.10 Å². The van der Waals surface area contributed by atoms with Gasteiger partial charge in [-0.1, -0.05) is 40.0 Å². The third kappa shape index (κ3) is 4.90. The van der Waals surface area contributed by atoms with Crippen molar-refractivity contribution in [1.82, 2.24) is 15.1 Å². The molecule has 0 radical (unpaired) electrons. The highest BCUT2D eigenvalue weighted by Crippen LogP contribution is 2.09. The Hall–Kier alpha value is -0.830. The molecule has 0 unspecified atom stereocenters. The van der Waals surface area contributed by atoms with Crippen molar-refractivity contribution in [3.8, 4) is 0 Å². The molecule has 0 aliphatic rings. The highest BCUT2D eigenvalue weighted by Gasteiger charge is 2.06. The monoisotopic (exact) mass is 237 g/mol. The van der Waals surface area contributed by atoms with E-state index in [9.17, 15) is 0 Å². The van der Waals surface area contributed by atoms with E-state index in [0.29, 0.717) is 6.04 Å². The van der Waals surface area contributed by atoms with E-state index in [1.807, 2.05) is 6.20 Å². The van der Waals surface area contributed by atoms with E-state index < -0.39 is 0 Å². The standard InChI is InChI=1S/C14H27N3/c1-5-6-7-8-9-17-13(4)14(11-16-17)10-15-12(2)3/h11-12,15H,5-10H2,1-4H3. The summed E-state index contributed by atoms with van der Waals surface area (Å²) in [6, 6.07) is 0.530. The van der Waals surface area contributed by atoms with Crippen molar-refractivity contribution in [2.24, 2.45) is 0 Å². The first-order chi connectivity index (χ1) is 8.15. The van der Waals surface area contributed by atoms with Crippen molar-refractivity contribution in [3.05, 3.63) is 17.5 Å². The normalized spacial score (nSPS) is 11.4. The fraction of sp³-hybridized carbons (Fsp3) is 0.786. The van der Waals surface area contributed by atoms with Gasteiger partial charge >= 0.3 is 0 Å². The molecule has 3 nitrogen and oxygen atoms in total. The maximum Gasteiger partial charge on any atom is 0.0537 e. The lowest BCUT2D eigenvalue weighted by Gasteiger charge is -2.08. The van der Waals surface area contributed by atoms with Gasteiger partial charge in [-0.25, -0.2) is 0 Å². The average molecular weight is 237 g/mol. The zero-order chi connectivity index (χ0) is 12.7. The third-order valence-electron chi connectivity index (χ3n) is 3.13. The summed E-state index contributed by atoms with van der Waals surface area (Å²) < 4.78 is 2.15. The molecule has 1 rings (SSSR count). The molecule has 0 aromatic carbocycles. The van der Waals surface area contributed by atoms with Crippen LogP contribution in [0.3, 0.4) is 0 Å². The molecule has 0 aliphatic carbocycles. The SMILES string of the molecule is CCCCCCn1ncc(CNC(C)C)c1C. The number of nitrogens with one attached hydrogen (secondary N) is 1. The van der Waals surface area contributed by atoms with E-state index in [1.165, 1.54) is 36.9 Å². The van der Waals surface area contributed by atoms with Crippen LogP contribution in [-0.2, 0) is 13.1 Å². The Labute approximate surface area is 106 Å². The first kappa shape index (κ1) is 14.2.